The molecule has 0 bridgehead atoms. The topological polar surface area (TPSA) is 106 Å². The number of aliphatic hydroxyl groups excluding tert-OH is 1. The number of aromatic nitrogens is 3. The van der Waals surface area contributed by atoms with Crippen molar-refractivity contribution in [3.05, 3.63) is 38.1 Å². The molecule has 8 nitrogen and oxygen atoms in total. The fourth-order valence-electron chi connectivity index (χ4n) is 2.81. The Morgan fingerprint density at radius 2 is 2.35 bits per heavy atom. The molecule has 1 saturated heterocycles. The molecule has 0 aromatic carbocycles. The highest BCUT2D eigenvalue weighted by Crippen LogP contribution is 2.39. The zero-order chi connectivity index (χ0) is 16.8. The molecular formula is C14H16ClN3O5. The van der Waals surface area contributed by atoms with Gasteiger partial charge >= 0.3 is 5.69 Å². The second kappa shape index (κ2) is 5.72. The molecule has 124 valence electrons. The number of aromatic amines is 1. The van der Waals surface area contributed by atoms with Crippen molar-refractivity contribution < 1.29 is 14.6 Å². The molecule has 2 N–H and O–H groups in total. The SMILES string of the molecule is CO[C@]1(C)C[C@@H](CO)O[C@H]1n1cc2cc(Cl)c(=O)[nH]c2nc1=O. The molecule has 3 atom stereocenters. The predicted molar refractivity (Wildman–Crippen MR) is 82.7 cm³/mol. The normalized spacial score (nSPS) is 27.7. The van der Waals surface area contributed by atoms with E-state index >= 15 is 0 Å². The Kier molecular flexibility index (Phi) is 4.01. The summed E-state index contributed by atoms with van der Waals surface area (Å²) in [5, 5.41) is 9.81. The zero-order valence-corrected chi connectivity index (χ0v) is 13.3. The fourth-order valence-corrected chi connectivity index (χ4v) is 2.97. The number of rotatable bonds is 3. The number of hydrogen-bond donors (Lipinski definition) is 2. The standard InChI is InChI=1S/C14H16ClN3O5/c1-14(22-2)4-8(6-19)23-12(14)18-5-7-3-9(15)11(20)16-10(7)17-13(18)21/h3,5,8,12,19H,4,6H2,1-2H3,(H,16,17,20,21)/t8-,12+,14+/m0/s1. The number of nitrogens with zero attached hydrogens (tertiary/aromatic N) is 2. The van der Waals surface area contributed by atoms with Crippen LogP contribution in [0.1, 0.15) is 19.6 Å². The van der Waals surface area contributed by atoms with E-state index in [-0.39, 0.29) is 17.3 Å². The lowest BCUT2D eigenvalue weighted by atomic mass is 10.00. The van der Waals surface area contributed by atoms with E-state index in [1.807, 2.05) is 0 Å². The minimum atomic E-state index is -0.793. The Morgan fingerprint density at radius 1 is 1.61 bits per heavy atom. The Morgan fingerprint density at radius 3 is 3.00 bits per heavy atom. The summed E-state index contributed by atoms with van der Waals surface area (Å²) in [6.45, 7) is 1.62. The largest absolute Gasteiger partial charge is 0.394 e. The summed E-state index contributed by atoms with van der Waals surface area (Å²) in [6, 6.07) is 1.43. The summed E-state index contributed by atoms with van der Waals surface area (Å²) >= 11 is 5.82. The van der Waals surface area contributed by atoms with E-state index in [0.717, 1.165) is 0 Å². The van der Waals surface area contributed by atoms with Gasteiger partial charge in [0.05, 0.1) is 12.7 Å². The highest BCUT2D eigenvalue weighted by atomic mass is 35.5. The summed E-state index contributed by atoms with van der Waals surface area (Å²) in [5.74, 6) is 0. The van der Waals surface area contributed by atoms with Crippen LogP contribution in [0.25, 0.3) is 11.0 Å². The van der Waals surface area contributed by atoms with Gasteiger partial charge in [-0.05, 0) is 13.0 Å². The van der Waals surface area contributed by atoms with Crippen LogP contribution in [0.4, 0.5) is 0 Å². The average molecular weight is 342 g/mol. The van der Waals surface area contributed by atoms with E-state index in [0.29, 0.717) is 11.8 Å². The van der Waals surface area contributed by atoms with Gasteiger partial charge in [0, 0.05) is 25.1 Å². The van der Waals surface area contributed by atoms with E-state index in [2.05, 4.69) is 9.97 Å². The summed E-state index contributed by atoms with van der Waals surface area (Å²) in [4.78, 5) is 30.1. The number of hydrogen-bond acceptors (Lipinski definition) is 6. The molecule has 1 aliphatic heterocycles. The average Bonchev–Trinajstić information content (AvgIpc) is 2.86. The van der Waals surface area contributed by atoms with Crippen LogP contribution in [-0.4, -0.2) is 45.1 Å². The van der Waals surface area contributed by atoms with Gasteiger partial charge in [0.1, 0.15) is 16.3 Å². The molecule has 23 heavy (non-hydrogen) atoms. The van der Waals surface area contributed by atoms with Gasteiger partial charge in [-0.3, -0.25) is 9.36 Å². The maximum atomic E-state index is 12.3. The number of nitrogens with one attached hydrogen (secondary N) is 1. The van der Waals surface area contributed by atoms with Gasteiger partial charge in [-0.2, -0.15) is 4.98 Å². The van der Waals surface area contributed by atoms with Crippen LogP contribution >= 0.6 is 11.6 Å². The van der Waals surface area contributed by atoms with Crippen LogP contribution in [0.3, 0.4) is 0 Å². The third-order valence-electron chi connectivity index (χ3n) is 4.11. The van der Waals surface area contributed by atoms with E-state index < -0.39 is 29.2 Å². The Labute approximate surface area is 135 Å². The number of methoxy groups -OCH3 is 1. The van der Waals surface area contributed by atoms with Crippen molar-refractivity contribution in [1.29, 1.82) is 0 Å². The van der Waals surface area contributed by atoms with Crippen LogP contribution in [0.15, 0.2) is 21.9 Å². The molecule has 1 fully saturated rings. The van der Waals surface area contributed by atoms with Crippen molar-refractivity contribution in [2.24, 2.45) is 0 Å². The summed E-state index contributed by atoms with van der Waals surface area (Å²) in [5.41, 5.74) is -1.75. The summed E-state index contributed by atoms with van der Waals surface area (Å²) in [6.07, 6.45) is 0.752. The lowest BCUT2D eigenvalue weighted by molar-refractivity contribution is -0.106. The van der Waals surface area contributed by atoms with Gasteiger partial charge in [0.15, 0.2) is 6.23 Å². The lowest BCUT2D eigenvalue weighted by Crippen LogP contribution is -2.40. The highest BCUT2D eigenvalue weighted by molar-refractivity contribution is 6.30. The predicted octanol–water partition coefficient (Wildman–Crippen LogP) is 0.423. The van der Waals surface area contributed by atoms with Gasteiger partial charge in [0.2, 0.25) is 0 Å². The molecule has 0 aliphatic carbocycles. The molecule has 0 spiro atoms. The molecule has 0 amide bonds. The van der Waals surface area contributed by atoms with Crippen molar-refractivity contribution in [2.75, 3.05) is 13.7 Å². The monoisotopic (exact) mass is 341 g/mol. The lowest BCUT2D eigenvalue weighted by Gasteiger charge is -2.29. The van der Waals surface area contributed by atoms with Crippen molar-refractivity contribution in [3.63, 3.8) is 0 Å². The summed E-state index contributed by atoms with van der Waals surface area (Å²) < 4.78 is 12.5. The number of aliphatic hydroxyl groups is 1. The van der Waals surface area contributed by atoms with Crippen LogP contribution in [-0.2, 0) is 9.47 Å². The van der Waals surface area contributed by atoms with Crippen molar-refractivity contribution in [1.82, 2.24) is 14.5 Å². The Balaban J connectivity index is 2.15. The maximum absolute atomic E-state index is 12.3. The molecular weight excluding hydrogens is 326 g/mol. The molecule has 9 heteroatoms. The molecule has 2 aromatic rings. The maximum Gasteiger partial charge on any atom is 0.351 e. The van der Waals surface area contributed by atoms with Gasteiger partial charge in [-0.15, -0.1) is 0 Å². The van der Waals surface area contributed by atoms with Gasteiger partial charge in [-0.25, -0.2) is 4.79 Å². The highest BCUT2D eigenvalue weighted by Gasteiger charge is 2.47. The molecule has 3 heterocycles. The van der Waals surface area contributed by atoms with Crippen LogP contribution in [0.2, 0.25) is 5.02 Å². The second-order valence-corrected chi connectivity index (χ2v) is 6.10. The van der Waals surface area contributed by atoms with Crippen molar-refractivity contribution >= 4 is 22.6 Å². The van der Waals surface area contributed by atoms with Gasteiger partial charge < -0.3 is 19.6 Å². The van der Waals surface area contributed by atoms with Crippen molar-refractivity contribution in [3.8, 4) is 0 Å². The third-order valence-corrected chi connectivity index (χ3v) is 4.39. The van der Waals surface area contributed by atoms with E-state index in [1.54, 1.807) is 6.92 Å². The first-order chi connectivity index (χ1) is 10.9. The smallest absolute Gasteiger partial charge is 0.351 e. The Hall–Kier alpha value is -1.74. The third kappa shape index (κ3) is 2.67. The van der Waals surface area contributed by atoms with E-state index in [4.69, 9.17) is 21.1 Å². The fraction of sp³-hybridized carbons (Fsp3) is 0.500. The van der Waals surface area contributed by atoms with E-state index in [1.165, 1.54) is 23.9 Å². The quantitative estimate of drug-likeness (QED) is 0.838. The second-order valence-electron chi connectivity index (χ2n) is 5.70. The van der Waals surface area contributed by atoms with Crippen LogP contribution in [0.5, 0.6) is 0 Å². The number of H-pyrrole nitrogens is 1. The first-order valence-electron chi connectivity index (χ1n) is 7.01. The number of halogens is 1. The molecule has 2 aromatic heterocycles. The first-order valence-corrected chi connectivity index (χ1v) is 7.39. The number of ether oxygens (including phenoxy) is 2. The molecule has 0 saturated carbocycles. The number of pyridine rings is 1. The van der Waals surface area contributed by atoms with Gasteiger partial charge in [0.25, 0.3) is 5.56 Å². The Bertz CT molecular complexity index is 864. The zero-order valence-electron chi connectivity index (χ0n) is 12.6. The van der Waals surface area contributed by atoms with Crippen LogP contribution < -0.4 is 11.2 Å². The molecule has 0 radical (unpaired) electrons. The first kappa shape index (κ1) is 16.1. The minimum absolute atomic E-state index is 0.000391. The number of fused-ring (bicyclic) bond motifs is 1. The molecule has 1 aliphatic rings. The van der Waals surface area contributed by atoms with E-state index in [9.17, 15) is 14.7 Å². The minimum Gasteiger partial charge on any atom is -0.394 e. The molecule has 3 rings (SSSR count). The van der Waals surface area contributed by atoms with Crippen molar-refractivity contribution in [2.45, 2.75) is 31.3 Å². The summed E-state index contributed by atoms with van der Waals surface area (Å²) in [7, 11) is 1.52. The van der Waals surface area contributed by atoms with Gasteiger partial charge in [-0.1, -0.05) is 11.6 Å². The molecule has 0 unspecified atom stereocenters. The van der Waals surface area contributed by atoms with Crippen LogP contribution in [0, 0.1) is 0 Å².